The lowest BCUT2D eigenvalue weighted by Gasteiger charge is -2.32. The molecule has 26 heavy (non-hydrogen) atoms. The molecule has 2 aromatic rings. The van der Waals surface area contributed by atoms with Crippen molar-refractivity contribution >= 4 is 5.97 Å². The van der Waals surface area contributed by atoms with Gasteiger partial charge in [-0.2, -0.15) is 4.98 Å². The average Bonchev–Trinajstić information content (AvgIpc) is 3.27. The van der Waals surface area contributed by atoms with E-state index in [0.717, 1.165) is 24.0 Å². The number of esters is 1. The van der Waals surface area contributed by atoms with E-state index < -0.39 is 0 Å². The van der Waals surface area contributed by atoms with Crippen molar-refractivity contribution in [1.29, 1.82) is 0 Å². The monoisotopic (exact) mass is 355 g/mol. The van der Waals surface area contributed by atoms with Crippen LogP contribution in [0.5, 0.6) is 0 Å². The van der Waals surface area contributed by atoms with Gasteiger partial charge in [-0.3, -0.25) is 9.69 Å². The molecule has 6 heteroatoms. The first-order chi connectivity index (χ1) is 12.7. The molecule has 1 aromatic heterocycles. The van der Waals surface area contributed by atoms with Crippen LogP contribution in [0.1, 0.15) is 43.6 Å². The number of hydrogen-bond acceptors (Lipinski definition) is 6. The number of rotatable bonds is 4. The molecule has 1 aliphatic heterocycles. The van der Waals surface area contributed by atoms with Gasteiger partial charge >= 0.3 is 5.97 Å². The van der Waals surface area contributed by atoms with Crippen molar-refractivity contribution < 1.29 is 14.1 Å². The molecule has 0 bridgehead atoms. The van der Waals surface area contributed by atoms with Crippen LogP contribution in [0.3, 0.4) is 0 Å². The van der Waals surface area contributed by atoms with Crippen LogP contribution in [-0.4, -0.2) is 40.2 Å². The molecule has 1 saturated carbocycles. The number of likely N-dealkylation sites (tertiary alicyclic amines) is 1. The average molecular weight is 355 g/mol. The van der Waals surface area contributed by atoms with E-state index in [4.69, 9.17) is 9.26 Å². The zero-order valence-electron chi connectivity index (χ0n) is 15.4. The predicted molar refractivity (Wildman–Crippen MR) is 96.2 cm³/mol. The number of aromatic nitrogens is 2. The highest BCUT2D eigenvalue weighted by Gasteiger charge is 2.46. The highest BCUT2D eigenvalue weighted by molar-refractivity contribution is 5.76. The van der Waals surface area contributed by atoms with Crippen LogP contribution in [0, 0.1) is 12.8 Å². The van der Waals surface area contributed by atoms with E-state index in [1.807, 2.05) is 31.2 Å². The van der Waals surface area contributed by atoms with Gasteiger partial charge in [-0.1, -0.05) is 41.8 Å². The number of carbonyl (C=O) groups excluding carboxylic acids is 1. The van der Waals surface area contributed by atoms with Crippen molar-refractivity contribution in [1.82, 2.24) is 15.0 Å². The van der Waals surface area contributed by atoms with E-state index >= 15 is 0 Å². The Morgan fingerprint density at radius 2 is 2.19 bits per heavy atom. The van der Waals surface area contributed by atoms with Crippen molar-refractivity contribution in [3.8, 4) is 11.4 Å². The molecule has 138 valence electrons. The minimum atomic E-state index is -0.206. The smallest absolute Gasteiger partial charge is 0.323 e. The van der Waals surface area contributed by atoms with Crippen LogP contribution >= 0.6 is 0 Å². The summed E-state index contributed by atoms with van der Waals surface area (Å²) in [5, 5.41) is 4.13. The summed E-state index contributed by atoms with van der Waals surface area (Å²) in [6, 6.07) is 8.25. The first-order valence-electron chi connectivity index (χ1n) is 9.39. The van der Waals surface area contributed by atoms with Gasteiger partial charge in [0.05, 0.1) is 13.7 Å². The van der Waals surface area contributed by atoms with Crippen LogP contribution < -0.4 is 0 Å². The maximum Gasteiger partial charge on any atom is 0.323 e. The minimum absolute atomic E-state index is 0.155. The largest absolute Gasteiger partial charge is 0.468 e. The second kappa shape index (κ2) is 7.19. The Hall–Kier alpha value is -2.21. The van der Waals surface area contributed by atoms with Crippen molar-refractivity contribution in [3.05, 3.63) is 35.7 Å². The highest BCUT2D eigenvalue weighted by atomic mass is 16.5. The molecule has 0 spiro atoms. The summed E-state index contributed by atoms with van der Waals surface area (Å²) in [5.41, 5.74) is 2.10. The van der Waals surface area contributed by atoms with Gasteiger partial charge in [0.1, 0.15) is 6.04 Å². The summed E-state index contributed by atoms with van der Waals surface area (Å²) in [5.74, 6) is 1.56. The maximum absolute atomic E-state index is 12.3. The van der Waals surface area contributed by atoms with Crippen LogP contribution in [0.15, 0.2) is 28.8 Å². The first kappa shape index (κ1) is 17.2. The zero-order chi connectivity index (χ0) is 18.1. The summed E-state index contributed by atoms with van der Waals surface area (Å²) in [6.07, 6.45) is 5.64. The standard InChI is InChI=1S/C20H25N3O3/c1-13-6-5-8-15(10-13)19-21-18(26-22-19)12-23-16-9-4-3-7-14(16)11-17(23)20(24)25-2/h5-6,8,10,14,16-17H,3-4,7,9,11-12H2,1-2H3. The van der Waals surface area contributed by atoms with E-state index in [9.17, 15) is 4.79 Å². The van der Waals surface area contributed by atoms with Crippen LogP contribution in [0.2, 0.25) is 0 Å². The minimum Gasteiger partial charge on any atom is -0.468 e. The van der Waals surface area contributed by atoms with Crippen LogP contribution in [0.4, 0.5) is 0 Å². The lowest BCUT2D eigenvalue weighted by atomic mass is 9.85. The van der Waals surface area contributed by atoms with Gasteiger partial charge < -0.3 is 9.26 Å². The van der Waals surface area contributed by atoms with Gasteiger partial charge in [0, 0.05) is 11.6 Å². The van der Waals surface area contributed by atoms with Crippen molar-refractivity contribution in [2.45, 2.75) is 57.7 Å². The number of benzene rings is 1. The number of hydrogen-bond donors (Lipinski definition) is 0. The van der Waals surface area contributed by atoms with Crippen molar-refractivity contribution in [2.24, 2.45) is 5.92 Å². The molecule has 2 fully saturated rings. The Labute approximate surface area is 153 Å². The quantitative estimate of drug-likeness (QED) is 0.784. The van der Waals surface area contributed by atoms with Crippen LogP contribution in [0.25, 0.3) is 11.4 Å². The summed E-state index contributed by atoms with van der Waals surface area (Å²) in [4.78, 5) is 19.1. The fraction of sp³-hybridized carbons (Fsp3) is 0.550. The third kappa shape index (κ3) is 3.26. The number of methoxy groups -OCH3 is 1. The van der Waals surface area contributed by atoms with Gasteiger partial charge in [0.15, 0.2) is 0 Å². The normalized spacial score (nSPS) is 25.8. The molecule has 3 atom stereocenters. The fourth-order valence-electron chi connectivity index (χ4n) is 4.52. The van der Waals surface area contributed by atoms with Gasteiger partial charge in [0.25, 0.3) is 0 Å². The van der Waals surface area contributed by atoms with Gasteiger partial charge in [0.2, 0.25) is 11.7 Å². The van der Waals surface area contributed by atoms with E-state index in [0.29, 0.717) is 30.2 Å². The van der Waals surface area contributed by atoms with E-state index in [1.54, 1.807) is 0 Å². The first-order valence-corrected chi connectivity index (χ1v) is 9.39. The summed E-state index contributed by atoms with van der Waals surface area (Å²) < 4.78 is 10.6. The molecule has 1 aromatic carbocycles. The Bertz CT molecular complexity index is 788. The number of fused-ring (bicyclic) bond motifs is 1. The lowest BCUT2D eigenvalue weighted by Crippen LogP contribution is -2.42. The number of carbonyl (C=O) groups is 1. The molecule has 0 radical (unpaired) electrons. The van der Waals surface area contributed by atoms with Crippen molar-refractivity contribution in [3.63, 3.8) is 0 Å². The molecule has 3 unspecified atom stereocenters. The van der Waals surface area contributed by atoms with E-state index in [2.05, 4.69) is 15.0 Å². The number of aryl methyl sites for hydroxylation is 1. The maximum atomic E-state index is 12.3. The molecule has 2 aliphatic rings. The van der Waals surface area contributed by atoms with E-state index in [1.165, 1.54) is 26.4 Å². The molecule has 1 saturated heterocycles. The Kier molecular flexibility index (Phi) is 4.76. The SMILES string of the molecule is COC(=O)C1CC2CCCCC2N1Cc1nc(-c2cccc(C)c2)no1. The van der Waals surface area contributed by atoms with Crippen LogP contribution in [-0.2, 0) is 16.1 Å². The molecule has 1 aliphatic carbocycles. The lowest BCUT2D eigenvalue weighted by molar-refractivity contribution is -0.146. The molecular formula is C20H25N3O3. The zero-order valence-corrected chi connectivity index (χ0v) is 15.4. The fourth-order valence-corrected chi connectivity index (χ4v) is 4.52. The molecule has 0 N–H and O–H groups in total. The van der Waals surface area contributed by atoms with Gasteiger partial charge in [-0.05, 0) is 38.2 Å². The second-order valence-corrected chi connectivity index (χ2v) is 7.44. The highest BCUT2D eigenvalue weighted by Crippen LogP contribution is 2.40. The van der Waals surface area contributed by atoms with E-state index in [-0.39, 0.29) is 12.0 Å². The van der Waals surface area contributed by atoms with Gasteiger partial charge in [-0.25, -0.2) is 0 Å². The Morgan fingerprint density at radius 1 is 1.35 bits per heavy atom. The number of ether oxygens (including phenoxy) is 1. The van der Waals surface area contributed by atoms with Crippen molar-refractivity contribution in [2.75, 3.05) is 7.11 Å². The Balaban J connectivity index is 1.55. The Morgan fingerprint density at radius 3 is 3.00 bits per heavy atom. The summed E-state index contributed by atoms with van der Waals surface area (Å²) in [6.45, 7) is 2.54. The van der Waals surface area contributed by atoms with Gasteiger partial charge in [-0.15, -0.1) is 0 Å². The third-order valence-corrected chi connectivity index (χ3v) is 5.76. The second-order valence-electron chi connectivity index (χ2n) is 7.44. The summed E-state index contributed by atoms with van der Waals surface area (Å²) in [7, 11) is 1.46. The molecular weight excluding hydrogens is 330 g/mol. The molecule has 4 rings (SSSR count). The molecule has 2 heterocycles. The molecule has 6 nitrogen and oxygen atoms in total. The predicted octanol–water partition coefficient (Wildman–Crippen LogP) is 3.35. The topological polar surface area (TPSA) is 68.5 Å². The summed E-state index contributed by atoms with van der Waals surface area (Å²) >= 11 is 0. The number of nitrogens with zero attached hydrogens (tertiary/aromatic N) is 3. The third-order valence-electron chi connectivity index (χ3n) is 5.76. The molecule has 0 amide bonds.